The molecule has 546 valence electrons. The van der Waals surface area contributed by atoms with Crippen LogP contribution in [0.3, 0.4) is 0 Å². The SMILES string of the molecule is CC(=O)OC1C(COC(O)C(OC(=O)c2ccccc2)C(OC(=O)c2ccccc2)C(CCOC(=O)c2ccccc2)OC(=O)c2ccccc2)OC(OI)C(OC(C)=O)C1OC(O)C(OC(=O)c1ccccc1)C(OC(=O)c1ccccc1)C(CCOC(=O)c1ccccc1)OC(=O)c1ccccc1. The van der Waals surface area contributed by atoms with E-state index in [1.165, 1.54) is 193 Å². The quantitative estimate of drug-likeness (QED) is 0.0164. The van der Waals surface area contributed by atoms with Gasteiger partial charge < -0.3 is 71.8 Å². The molecule has 0 aromatic heterocycles. The van der Waals surface area contributed by atoms with Gasteiger partial charge in [-0.3, -0.25) is 12.7 Å². The maximum Gasteiger partial charge on any atom is 0.338 e. The Hall–Kier alpha value is -11.1. The first-order valence-corrected chi connectivity index (χ1v) is 33.6. The third kappa shape index (κ3) is 22.7. The summed E-state index contributed by atoms with van der Waals surface area (Å²) in [6.45, 7) is -0.270. The lowest BCUT2D eigenvalue weighted by Crippen LogP contribution is -2.64. The van der Waals surface area contributed by atoms with Crippen molar-refractivity contribution in [2.45, 2.75) is 107 Å². The molecule has 8 aromatic carbocycles. The van der Waals surface area contributed by atoms with Crippen molar-refractivity contribution < 1.29 is 123 Å². The number of aliphatic hydroxyl groups is 2. The third-order valence-corrected chi connectivity index (χ3v) is 16.3. The highest BCUT2D eigenvalue weighted by Crippen LogP contribution is 2.35. The number of hydrogen-bond acceptors (Lipinski definition) is 26. The van der Waals surface area contributed by atoms with E-state index in [4.69, 9.17) is 64.6 Å². The molecule has 9 rings (SSSR count). The summed E-state index contributed by atoms with van der Waals surface area (Å²) < 4.78 is 84.4. The molecule has 13 atom stereocenters. The van der Waals surface area contributed by atoms with Gasteiger partial charge in [-0.15, -0.1) is 0 Å². The van der Waals surface area contributed by atoms with Crippen molar-refractivity contribution in [1.82, 2.24) is 0 Å². The van der Waals surface area contributed by atoms with Gasteiger partial charge in [-0.25, -0.2) is 38.4 Å². The van der Waals surface area contributed by atoms with Crippen LogP contribution in [0.4, 0.5) is 0 Å². The Morgan fingerprint density at radius 2 is 0.619 bits per heavy atom. The van der Waals surface area contributed by atoms with Crippen LogP contribution in [0.2, 0.25) is 0 Å². The van der Waals surface area contributed by atoms with Crippen molar-refractivity contribution in [2.24, 2.45) is 0 Å². The first-order chi connectivity index (χ1) is 50.8. The molecule has 0 radical (unpaired) electrons. The van der Waals surface area contributed by atoms with Gasteiger partial charge in [0.25, 0.3) is 0 Å². The van der Waals surface area contributed by atoms with Crippen LogP contribution in [0, 0.1) is 0 Å². The van der Waals surface area contributed by atoms with Gasteiger partial charge in [-0.1, -0.05) is 146 Å². The maximum absolute atomic E-state index is 14.6. The molecule has 105 heavy (non-hydrogen) atoms. The van der Waals surface area contributed by atoms with Crippen molar-refractivity contribution in [1.29, 1.82) is 0 Å². The van der Waals surface area contributed by atoms with E-state index in [2.05, 4.69) is 0 Å². The zero-order valence-corrected chi connectivity index (χ0v) is 58.4. The third-order valence-electron chi connectivity index (χ3n) is 15.8. The minimum atomic E-state index is -2.71. The highest BCUT2D eigenvalue weighted by molar-refractivity contribution is 14.1. The number of esters is 10. The largest absolute Gasteiger partial charge is 0.462 e. The second-order valence-electron chi connectivity index (χ2n) is 23.1. The van der Waals surface area contributed by atoms with E-state index in [9.17, 15) is 58.2 Å². The smallest absolute Gasteiger partial charge is 0.338 e. The number of rotatable bonds is 34. The molecule has 1 fully saturated rings. The number of aliphatic hydroxyl groups excluding tert-OH is 2. The molecule has 8 aromatic rings. The lowest BCUT2D eigenvalue weighted by Gasteiger charge is -2.45. The fourth-order valence-corrected chi connectivity index (χ4v) is 11.2. The zero-order valence-electron chi connectivity index (χ0n) is 56.2. The molecule has 26 nitrogen and oxygen atoms in total. The fourth-order valence-electron chi connectivity index (χ4n) is 10.8. The highest BCUT2D eigenvalue weighted by atomic mass is 127. The number of benzene rings is 8. The molecule has 27 heteroatoms. The van der Waals surface area contributed by atoms with Gasteiger partial charge in [0.05, 0.1) is 64.3 Å². The van der Waals surface area contributed by atoms with E-state index in [-0.39, 0.29) is 44.5 Å². The summed E-state index contributed by atoms with van der Waals surface area (Å²) in [6, 6.07) is 59.8. The fraction of sp³-hybridized carbons (Fsp3) is 0.256. The monoisotopic (exact) mass is 1550 g/mol. The Labute approximate surface area is 615 Å². The second-order valence-corrected chi connectivity index (χ2v) is 23.6. The topological polar surface area (TPSA) is 340 Å². The summed E-state index contributed by atoms with van der Waals surface area (Å²) in [7, 11) is 0. The first-order valence-electron chi connectivity index (χ1n) is 32.8. The number of ether oxygens (including phenoxy) is 13. The summed E-state index contributed by atoms with van der Waals surface area (Å²) >= 11 is 1.38. The Morgan fingerprint density at radius 3 is 0.914 bits per heavy atom. The summed E-state index contributed by atoms with van der Waals surface area (Å²) in [5.41, 5.74) is -0.246. The Balaban J connectivity index is 1.12. The van der Waals surface area contributed by atoms with Gasteiger partial charge in [0.15, 0.2) is 49.2 Å². The molecule has 13 unspecified atom stereocenters. The number of carbonyl (C=O) groups is 10. The van der Waals surface area contributed by atoms with Crippen molar-refractivity contribution in [3.8, 4) is 0 Å². The van der Waals surface area contributed by atoms with Crippen LogP contribution in [0.15, 0.2) is 243 Å². The van der Waals surface area contributed by atoms with Crippen LogP contribution in [-0.4, -0.2) is 170 Å². The summed E-state index contributed by atoms with van der Waals surface area (Å²) in [5.74, 6) is -10.5. The second kappa shape index (κ2) is 39.6. The van der Waals surface area contributed by atoms with Crippen LogP contribution in [0.5, 0.6) is 0 Å². The van der Waals surface area contributed by atoms with Crippen LogP contribution < -0.4 is 0 Å². The predicted molar refractivity (Wildman–Crippen MR) is 374 cm³/mol. The van der Waals surface area contributed by atoms with Crippen molar-refractivity contribution in [3.05, 3.63) is 287 Å². The lowest BCUT2D eigenvalue weighted by atomic mass is 9.97. The molecule has 1 aliphatic heterocycles. The number of carbonyl (C=O) groups excluding carboxylic acids is 10. The maximum atomic E-state index is 14.6. The van der Waals surface area contributed by atoms with Gasteiger partial charge in [0, 0.05) is 26.7 Å². The van der Waals surface area contributed by atoms with E-state index in [1.807, 2.05) is 0 Å². The average Bonchev–Trinajstić information content (AvgIpc) is 0.784. The molecule has 0 saturated carbocycles. The normalized spacial score (nSPS) is 17.6. The molecule has 0 amide bonds. The zero-order chi connectivity index (χ0) is 74.6. The Bertz CT molecular complexity index is 4150. The van der Waals surface area contributed by atoms with Gasteiger partial charge in [-0.05, 0) is 97.1 Å². The minimum absolute atomic E-state index is 0.0176. The molecule has 1 aliphatic rings. The lowest BCUT2D eigenvalue weighted by molar-refractivity contribution is -0.324. The van der Waals surface area contributed by atoms with Gasteiger partial charge in [-0.2, -0.15) is 0 Å². The molecular weight excluding hydrogens is 1480 g/mol. The van der Waals surface area contributed by atoms with Crippen LogP contribution in [0.1, 0.15) is 110 Å². The van der Waals surface area contributed by atoms with Crippen LogP contribution in [0.25, 0.3) is 0 Å². The molecule has 2 N–H and O–H groups in total. The van der Waals surface area contributed by atoms with E-state index in [0.717, 1.165) is 13.8 Å². The molecule has 0 aliphatic carbocycles. The Morgan fingerprint density at radius 1 is 0.352 bits per heavy atom. The predicted octanol–water partition coefficient (Wildman–Crippen LogP) is 9.83. The minimum Gasteiger partial charge on any atom is -0.462 e. The number of halogens is 1. The van der Waals surface area contributed by atoms with Gasteiger partial charge in [0.1, 0.15) is 47.4 Å². The number of hydrogen-bond donors (Lipinski definition) is 2. The summed E-state index contributed by atoms with van der Waals surface area (Å²) in [4.78, 5) is 140. The summed E-state index contributed by atoms with van der Waals surface area (Å²) in [5, 5.41) is 25.8. The van der Waals surface area contributed by atoms with Crippen molar-refractivity contribution >= 4 is 82.7 Å². The van der Waals surface area contributed by atoms with Gasteiger partial charge in [0.2, 0.25) is 6.29 Å². The molecular formula is C78H71IO26. The van der Waals surface area contributed by atoms with Gasteiger partial charge >= 0.3 is 59.7 Å². The first kappa shape index (κ1) is 78.1. The van der Waals surface area contributed by atoms with Crippen LogP contribution >= 0.6 is 23.0 Å². The van der Waals surface area contributed by atoms with E-state index >= 15 is 0 Å². The Kier molecular flexibility index (Phi) is 29.4. The summed E-state index contributed by atoms with van der Waals surface area (Å²) in [6.07, 6.45) is -28.8. The average molecular weight is 1550 g/mol. The highest BCUT2D eigenvalue weighted by Gasteiger charge is 2.55. The van der Waals surface area contributed by atoms with Crippen molar-refractivity contribution in [3.63, 3.8) is 0 Å². The van der Waals surface area contributed by atoms with Crippen molar-refractivity contribution in [2.75, 3.05) is 19.8 Å². The van der Waals surface area contributed by atoms with E-state index in [0.29, 0.717) is 0 Å². The van der Waals surface area contributed by atoms with Crippen LogP contribution in [-0.2, 0) is 74.2 Å². The molecule has 1 heterocycles. The van der Waals surface area contributed by atoms with E-state index in [1.54, 1.807) is 72.8 Å². The molecule has 0 bridgehead atoms. The standard InChI is InChI=1S/C78H71IO26/c1-48(80)95-63-60(47-94-76(90)65(103-74(88)56-39-23-9-24-40-56)61(100-72(86)54-35-19-7-20-36-54)58(97-70(84)52-31-15-5-16-32-52)43-45-92-68(82)50-27-11-3-12-28-50)99-78(105-79)67(96-49(2)81)64(63)102-77(91)66(104-75(89)57-41-25-10-26-42-57)62(101-73(87)55-37-21-8-22-38-55)59(98-71(85)53-33-17-6-18-34-53)44-46-93-69(83)51-29-13-4-14-30-51/h3-42,58-67,76-78,90-91H,43-47H2,1-2H3. The molecule has 1 saturated heterocycles. The van der Waals surface area contributed by atoms with E-state index < -0.39 is 172 Å². The molecule has 0 spiro atoms.